The highest BCUT2D eigenvalue weighted by Crippen LogP contribution is 2.19. The highest BCUT2D eigenvalue weighted by Gasteiger charge is 2.44. The molecule has 110 valence electrons. The maximum absolute atomic E-state index is 12.0. The molecule has 21 heavy (non-hydrogen) atoms. The van der Waals surface area contributed by atoms with Crippen molar-refractivity contribution in [3.05, 3.63) is 28.7 Å². The number of carbonyl (C=O) groups is 3. The lowest BCUT2D eigenvalue weighted by atomic mass is 10.1. The summed E-state index contributed by atoms with van der Waals surface area (Å²) in [5.41, 5.74) is -0.360. The van der Waals surface area contributed by atoms with Crippen LogP contribution in [0.25, 0.3) is 0 Å². The molecule has 2 aliphatic heterocycles. The summed E-state index contributed by atoms with van der Waals surface area (Å²) in [6.07, 6.45) is 0.755. The zero-order valence-electron chi connectivity index (χ0n) is 11.0. The first-order valence-electron chi connectivity index (χ1n) is 6.35. The maximum atomic E-state index is 12.0. The van der Waals surface area contributed by atoms with Gasteiger partial charge in [-0.1, -0.05) is 0 Å². The Labute approximate surface area is 118 Å². The van der Waals surface area contributed by atoms with Crippen LogP contribution in [-0.4, -0.2) is 63.2 Å². The van der Waals surface area contributed by atoms with E-state index in [0.29, 0.717) is 0 Å². The second kappa shape index (κ2) is 5.00. The molecule has 9 heteroatoms. The van der Waals surface area contributed by atoms with Crippen LogP contribution in [-0.2, 0) is 20.9 Å². The van der Waals surface area contributed by atoms with Gasteiger partial charge in [0, 0.05) is 25.4 Å². The van der Waals surface area contributed by atoms with E-state index in [1.54, 1.807) is 0 Å². The van der Waals surface area contributed by atoms with Gasteiger partial charge in [-0.15, -0.1) is 0 Å². The molecule has 3 amide bonds. The van der Waals surface area contributed by atoms with Crippen LogP contribution in [0.1, 0.15) is 0 Å². The summed E-state index contributed by atoms with van der Waals surface area (Å²) >= 11 is 0. The SMILES string of the molecule is O=C(Cn1ncccc1=O)N1CC(N2C(=O)COC2=O)C1. The summed E-state index contributed by atoms with van der Waals surface area (Å²) in [5.74, 6) is -0.676. The number of carbonyl (C=O) groups excluding carboxylic acids is 3. The van der Waals surface area contributed by atoms with Crippen LogP contribution in [0.5, 0.6) is 0 Å². The van der Waals surface area contributed by atoms with Gasteiger partial charge in [-0.25, -0.2) is 14.4 Å². The third-order valence-electron chi connectivity index (χ3n) is 3.43. The van der Waals surface area contributed by atoms with Crippen LogP contribution in [0.4, 0.5) is 4.79 Å². The molecule has 0 radical (unpaired) electrons. The number of cyclic esters (lactones) is 1. The van der Waals surface area contributed by atoms with E-state index < -0.39 is 12.0 Å². The first kappa shape index (κ1) is 13.3. The van der Waals surface area contributed by atoms with Gasteiger partial charge in [0.15, 0.2) is 6.61 Å². The van der Waals surface area contributed by atoms with Gasteiger partial charge in [-0.2, -0.15) is 5.10 Å². The molecule has 3 heterocycles. The largest absolute Gasteiger partial charge is 0.439 e. The fraction of sp³-hybridized carbons (Fsp3) is 0.417. The lowest BCUT2D eigenvalue weighted by Crippen LogP contribution is -2.62. The third kappa shape index (κ3) is 2.37. The Morgan fingerprint density at radius 2 is 2.10 bits per heavy atom. The Kier molecular flexibility index (Phi) is 3.16. The fourth-order valence-electron chi connectivity index (χ4n) is 2.27. The van der Waals surface area contributed by atoms with Crippen LogP contribution in [0.15, 0.2) is 23.1 Å². The monoisotopic (exact) mass is 292 g/mol. The van der Waals surface area contributed by atoms with Gasteiger partial charge >= 0.3 is 6.09 Å². The van der Waals surface area contributed by atoms with Gasteiger partial charge < -0.3 is 9.64 Å². The van der Waals surface area contributed by atoms with Crippen LogP contribution in [0, 0.1) is 0 Å². The van der Waals surface area contributed by atoms with Crippen molar-refractivity contribution >= 4 is 17.9 Å². The molecule has 0 aromatic carbocycles. The van der Waals surface area contributed by atoms with Gasteiger partial charge in [0.25, 0.3) is 11.5 Å². The second-order valence-electron chi connectivity index (χ2n) is 4.79. The number of hydrogen-bond acceptors (Lipinski definition) is 6. The van der Waals surface area contributed by atoms with Crippen molar-refractivity contribution < 1.29 is 19.1 Å². The molecular formula is C12H12N4O5. The summed E-state index contributed by atoms with van der Waals surface area (Å²) in [4.78, 5) is 48.7. The summed E-state index contributed by atoms with van der Waals surface area (Å²) in [7, 11) is 0. The molecule has 0 spiro atoms. The lowest BCUT2D eigenvalue weighted by molar-refractivity contribution is -0.142. The molecule has 0 unspecified atom stereocenters. The minimum Gasteiger partial charge on any atom is -0.439 e. The van der Waals surface area contributed by atoms with E-state index in [1.165, 1.54) is 23.2 Å². The standard InChI is InChI=1S/C12H12N4O5/c17-9-2-1-3-13-15(9)6-10(18)14-4-8(5-14)16-11(19)7-21-12(16)20/h1-3,8H,4-7H2. The molecule has 2 fully saturated rings. The summed E-state index contributed by atoms with van der Waals surface area (Å²) in [6, 6.07) is 2.46. The van der Waals surface area contributed by atoms with Crippen molar-refractivity contribution in [1.82, 2.24) is 19.6 Å². The average molecular weight is 292 g/mol. The van der Waals surface area contributed by atoms with Crippen LogP contribution in [0.3, 0.4) is 0 Å². The molecular weight excluding hydrogens is 280 g/mol. The van der Waals surface area contributed by atoms with Gasteiger partial charge in [0.05, 0.1) is 6.04 Å². The first-order valence-corrected chi connectivity index (χ1v) is 6.35. The Balaban J connectivity index is 1.58. The molecule has 1 aromatic heterocycles. The van der Waals surface area contributed by atoms with Gasteiger partial charge in [0.2, 0.25) is 5.91 Å². The van der Waals surface area contributed by atoms with E-state index in [9.17, 15) is 19.2 Å². The van der Waals surface area contributed by atoms with E-state index in [4.69, 9.17) is 0 Å². The number of ether oxygens (including phenoxy) is 1. The smallest absolute Gasteiger partial charge is 0.417 e. The number of aromatic nitrogens is 2. The van der Waals surface area contributed by atoms with E-state index in [0.717, 1.165) is 9.58 Å². The molecule has 2 aliphatic rings. The van der Waals surface area contributed by atoms with Crippen molar-refractivity contribution in [3.8, 4) is 0 Å². The number of rotatable bonds is 3. The van der Waals surface area contributed by atoms with E-state index in [2.05, 4.69) is 9.84 Å². The predicted octanol–water partition coefficient (Wildman–Crippen LogP) is -1.57. The number of imide groups is 1. The Bertz CT molecular complexity index is 648. The maximum Gasteiger partial charge on any atom is 0.417 e. The highest BCUT2D eigenvalue weighted by atomic mass is 16.6. The zero-order chi connectivity index (χ0) is 15.0. The van der Waals surface area contributed by atoms with E-state index >= 15 is 0 Å². The van der Waals surface area contributed by atoms with Crippen molar-refractivity contribution in [3.63, 3.8) is 0 Å². The first-order chi connectivity index (χ1) is 10.1. The predicted molar refractivity (Wildman–Crippen MR) is 67.1 cm³/mol. The van der Waals surface area contributed by atoms with Crippen molar-refractivity contribution in [2.45, 2.75) is 12.6 Å². The minimum absolute atomic E-state index is 0.162. The summed E-state index contributed by atoms with van der Waals surface area (Å²) in [5, 5.41) is 3.80. The highest BCUT2D eigenvalue weighted by molar-refractivity contribution is 5.98. The number of nitrogens with zero attached hydrogens (tertiary/aromatic N) is 4. The second-order valence-corrected chi connectivity index (χ2v) is 4.79. The van der Waals surface area contributed by atoms with Crippen molar-refractivity contribution in [2.75, 3.05) is 19.7 Å². The fourth-order valence-corrected chi connectivity index (χ4v) is 2.27. The Morgan fingerprint density at radius 1 is 1.33 bits per heavy atom. The lowest BCUT2D eigenvalue weighted by Gasteiger charge is -2.41. The molecule has 2 saturated heterocycles. The van der Waals surface area contributed by atoms with E-state index in [-0.39, 0.29) is 43.7 Å². The molecule has 0 saturated carbocycles. The quantitative estimate of drug-likeness (QED) is 0.667. The van der Waals surface area contributed by atoms with Crippen molar-refractivity contribution in [2.24, 2.45) is 0 Å². The normalized spacial score (nSPS) is 18.7. The van der Waals surface area contributed by atoms with Gasteiger partial charge in [-0.3, -0.25) is 14.4 Å². The minimum atomic E-state index is -0.668. The molecule has 0 atom stereocenters. The molecule has 0 N–H and O–H groups in total. The molecule has 0 aliphatic carbocycles. The van der Waals surface area contributed by atoms with Crippen LogP contribution < -0.4 is 5.56 Å². The number of likely N-dealkylation sites (tertiary alicyclic amines) is 1. The topological polar surface area (TPSA) is 102 Å². The third-order valence-corrected chi connectivity index (χ3v) is 3.43. The number of amides is 3. The number of hydrogen-bond donors (Lipinski definition) is 0. The van der Waals surface area contributed by atoms with Crippen LogP contribution in [0.2, 0.25) is 0 Å². The zero-order valence-corrected chi connectivity index (χ0v) is 11.0. The molecule has 0 bridgehead atoms. The van der Waals surface area contributed by atoms with E-state index in [1.807, 2.05) is 0 Å². The summed E-state index contributed by atoms with van der Waals surface area (Å²) < 4.78 is 5.68. The van der Waals surface area contributed by atoms with Crippen molar-refractivity contribution in [1.29, 1.82) is 0 Å². The summed E-state index contributed by atoms with van der Waals surface area (Å²) in [6.45, 7) is 0.0971. The van der Waals surface area contributed by atoms with Gasteiger partial charge in [0.1, 0.15) is 6.54 Å². The average Bonchev–Trinajstić information content (AvgIpc) is 2.72. The van der Waals surface area contributed by atoms with Crippen LogP contribution >= 0.6 is 0 Å². The Hall–Kier alpha value is -2.71. The molecule has 9 nitrogen and oxygen atoms in total. The Morgan fingerprint density at radius 3 is 2.71 bits per heavy atom. The molecule has 3 rings (SSSR count). The van der Waals surface area contributed by atoms with Gasteiger partial charge in [-0.05, 0) is 6.07 Å². The molecule has 1 aromatic rings.